The van der Waals surface area contributed by atoms with Gasteiger partial charge in [0.2, 0.25) is 0 Å². The summed E-state index contributed by atoms with van der Waals surface area (Å²) in [6, 6.07) is 13.0. The lowest BCUT2D eigenvalue weighted by Gasteiger charge is -2.51. The molecule has 0 saturated heterocycles. The number of benzene rings is 1. The summed E-state index contributed by atoms with van der Waals surface area (Å²) in [5, 5.41) is 1.65. The normalized spacial score (nSPS) is 39.3. The van der Waals surface area contributed by atoms with E-state index in [1.165, 1.54) is 11.1 Å². The van der Waals surface area contributed by atoms with Gasteiger partial charge in [0.25, 0.3) is 0 Å². The van der Waals surface area contributed by atoms with E-state index in [4.69, 9.17) is 0 Å². The van der Waals surface area contributed by atoms with Crippen molar-refractivity contribution in [1.29, 1.82) is 0 Å². The monoisotopic (exact) mass is 554 g/mol. The highest BCUT2D eigenvalue weighted by atomic mass is 28.3. The zero-order chi connectivity index (χ0) is 28.4. The van der Waals surface area contributed by atoms with Crippen molar-refractivity contribution in [2.75, 3.05) is 0 Å². The molecule has 1 aromatic rings. The molecule has 0 amide bonds. The number of hydrogen-bond acceptors (Lipinski definition) is 0. The average Bonchev–Trinajstić information content (AvgIpc) is 3.49. The second kappa shape index (κ2) is 10.1. The zero-order valence-corrected chi connectivity index (χ0v) is 26.2. The largest absolute Gasteiger partial charge is 0.103 e. The van der Waals surface area contributed by atoms with Crippen molar-refractivity contribution in [3.05, 3.63) is 139 Å². The van der Waals surface area contributed by atoms with E-state index in [2.05, 4.69) is 156 Å². The van der Waals surface area contributed by atoms with Crippen molar-refractivity contribution < 1.29 is 0 Å². The van der Waals surface area contributed by atoms with Crippen LogP contribution in [0.4, 0.5) is 0 Å². The average molecular weight is 555 g/mol. The van der Waals surface area contributed by atoms with Crippen molar-refractivity contribution >= 4 is 13.3 Å². The smallest absolute Gasteiger partial charge is 0.0988 e. The maximum Gasteiger partial charge on any atom is 0.0988 e. The molecule has 210 valence electrons. The zero-order valence-electron chi connectivity index (χ0n) is 25.2. The highest BCUT2D eigenvalue weighted by Gasteiger charge is 2.65. The molecule has 41 heavy (non-hydrogen) atoms. The highest BCUT2D eigenvalue weighted by molar-refractivity contribution is 6.95. The minimum Gasteiger partial charge on any atom is -0.103 e. The molecule has 10 atom stereocenters. The van der Waals surface area contributed by atoms with Gasteiger partial charge in [0.15, 0.2) is 0 Å². The molecule has 0 bridgehead atoms. The lowest BCUT2D eigenvalue weighted by atomic mass is 9.76. The van der Waals surface area contributed by atoms with Gasteiger partial charge in [-0.15, -0.1) is 6.58 Å². The van der Waals surface area contributed by atoms with Gasteiger partial charge in [-0.3, -0.25) is 0 Å². The Hall–Kier alpha value is -2.90. The topological polar surface area (TPSA) is 0 Å². The van der Waals surface area contributed by atoms with Crippen LogP contribution in [0.3, 0.4) is 0 Å². The van der Waals surface area contributed by atoms with Gasteiger partial charge in [-0.25, -0.2) is 0 Å². The number of hydrogen-bond donors (Lipinski definition) is 0. The molecule has 1 aromatic carbocycles. The fourth-order valence-corrected chi connectivity index (χ4v) is 17.5. The summed E-state index contributed by atoms with van der Waals surface area (Å²) in [6.45, 7) is 14.0. The third-order valence-corrected chi connectivity index (χ3v) is 17.9. The minimum absolute atomic E-state index is 0.147. The molecule has 6 aliphatic carbocycles. The molecule has 0 radical (unpaired) electrons. The van der Waals surface area contributed by atoms with Gasteiger partial charge in [-0.05, 0) is 82.4 Å². The lowest BCUT2D eigenvalue weighted by Crippen LogP contribution is -2.60. The maximum atomic E-state index is 4.51. The van der Waals surface area contributed by atoms with Crippen LogP contribution in [0.1, 0.15) is 27.7 Å². The van der Waals surface area contributed by atoms with E-state index in [0.29, 0.717) is 58.4 Å². The van der Waals surface area contributed by atoms with E-state index in [-0.39, 0.29) is 5.41 Å². The summed E-state index contributed by atoms with van der Waals surface area (Å²) in [4.78, 5) is 0. The van der Waals surface area contributed by atoms with Crippen LogP contribution in [0.25, 0.3) is 0 Å². The molecule has 0 aromatic heterocycles. The van der Waals surface area contributed by atoms with Crippen LogP contribution in [0.15, 0.2) is 139 Å². The van der Waals surface area contributed by atoms with E-state index in [9.17, 15) is 0 Å². The summed E-state index contributed by atoms with van der Waals surface area (Å²) >= 11 is 0. The Morgan fingerprint density at radius 1 is 0.659 bits per heavy atom. The first-order valence-electron chi connectivity index (χ1n) is 16.0. The van der Waals surface area contributed by atoms with Crippen LogP contribution in [0, 0.1) is 52.8 Å². The molecule has 2 saturated carbocycles. The molecule has 6 aliphatic rings. The summed E-state index contributed by atoms with van der Waals surface area (Å²) < 4.78 is 0. The summed E-state index contributed by atoms with van der Waals surface area (Å²) in [5.74, 6) is 4.55. The van der Waals surface area contributed by atoms with Crippen molar-refractivity contribution in [1.82, 2.24) is 0 Å². The Labute approximate surface area is 249 Å². The summed E-state index contributed by atoms with van der Waals surface area (Å²) in [5.41, 5.74) is 4.35. The fourth-order valence-electron chi connectivity index (χ4n) is 10.2. The van der Waals surface area contributed by atoms with Gasteiger partial charge >= 0.3 is 0 Å². The van der Waals surface area contributed by atoms with E-state index in [1.54, 1.807) is 5.19 Å². The third kappa shape index (κ3) is 4.14. The molecule has 0 nitrogen and oxygen atoms in total. The number of rotatable bonds is 5. The van der Waals surface area contributed by atoms with Crippen LogP contribution >= 0.6 is 0 Å². The van der Waals surface area contributed by atoms with Crippen LogP contribution in [-0.4, -0.2) is 8.07 Å². The quantitative estimate of drug-likeness (QED) is 0.251. The Morgan fingerprint density at radius 2 is 1.17 bits per heavy atom. The predicted molar refractivity (Wildman–Crippen MR) is 178 cm³/mol. The molecule has 0 aliphatic heterocycles. The van der Waals surface area contributed by atoms with E-state index >= 15 is 0 Å². The van der Waals surface area contributed by atoms with Crippen molar-refractivity contribution in [3.8, 4) is 0 Å². The Morgan fingerprint density at radius 3 is 1.76 bits per heavy atom. The van der Waals surface area contributed by atoms with Crippen LogP contribution in [0.5, 0.6) is 0 Å². The standard InChI is InChI=1S/C40H46Si/c1-6-24-41(29-14-8-7-9-15-29,38-34-18-12-10-16-30(34)31-17-11-13-19-35(31)38)39-36-25-27(2)20-22-32(36)33-23-21-28(26-37(33)39)40(3,4)5/h6-23,25-26,30-39H,1,24H2,2-5H3. The second-order valence-corrected chi connectivity index (χ2v) is 19.0. The first-order valence-corrected chi connectivity index (χ1v) is 18.3. The van der Waals surface area contributed by atoms with Crippen molar-refractivity contribution in [2.45, 2.75) is 44.8 Å². The molecule has 7 rings (SSSR count). The Bertz CT molecular complexity index is 1400. The molecular formula is C40H46Si. The third-order valence-electron chi connectivity index (χ3n) is 11.6. The number of allylic oxidation sites excluding steroid dienone is 17. The highest BCUT2D eigenvalue weighted by Crippen LogP contribution is 2.67. The first kappa shape index (κ1) is 27.0. The summed E-state index contributed by atoms with van der Waals surface area (Å²) in [6.07, 6.45) is 37.5. The fraction of sp³-hybridized carbons (Fsp3) is 0.400. The lowest BCUT2D eigenvalue weighted by molar-refractivity contribution is 0.441. The summed E-state index contributed by atoms with van der Waals surface area (Å²) in [7, 11) is -2.30. The SMILES string of the molecule is C=CC[Si](c1ccccc1)(C1C2C=CC=CC2C2C=CC=CC21)C1C2C=C(C)C=CC2C2C=CC(C(C)(C)C)=CC21. The first-order chi connectivity index (χ1) is 19.8. The van der Waals surface area contributed by atoms with Gasteiger partial charge in [0.1, 0.15) is 0 Å². The minimum atomic E-state index is -2.30. The van der Waals surface area contributed by atoms with Gasteiger partial charge in [0, 0.05) is 0 Å². The van der Waals surface area contributed by atoms with Gasteiger partial charge in [-0.1, -0.05) is 153 Å². The Kier molecular flexibility index (Phi) is 6.66. The molecule has 10 unspecified atom stereocenters. The van der Waals surface area contributed by atoms with E-state index in [0.717, 1.165) is 6.04 Å². The molecular weight excluding hydrogens is 509 g/mol. The van der Waals surface area contributed by atoms with Gasteiger partial charge in [0.05, 0.1) is 8.07 Å². The molecule has 0 spiro atoms. The van der Waals surface area contributed by atoms with Crippen LogP contribution in [-0.2, 0) is 0 Å². The van der Waals surface area contributed by atoms with Crippen LogP contribution in [0.2, 0.25) is 17.1 Å². The molecule has 2 fully saturated rings. The second-order valence-electron chi connectivity index (χ2n) is 14.6. The van der Waals surface area contributed by atoms with Gasteiger partial charge < -0.3 is 0 Å². The van der Waals surface area contributed by atoms with Crippen molar-refractivity contribution in [2.24, 2.45) is 52.8 Å². The molecule has 0 N–H and O–H groups in total. The predicted octanol–water partition coefficient (Wildman–Crippen LogP) is 9.54. The van der Waals surface area contributed by atoms with E-state index in [1.807, 2.05) is 0 Å². The van der Waals surface area contributed by atoms with Crippen LogP contribution < -0.4 is 5.19 Å². The molecule has 0 heterocycles. The number of fused-ring (bicyclic) bond motifs is 6. The Balaban J connectivity index is 1.50. The van der Waals surface area contributed by atoms with E-state index < -0.39 is 8.07 Å². The van der Waals surface area contributed by atoms with Gasteiger partial charge in [-0.2, -0.15) is 0 Å². The maximum absolute atomic E-state index is 4.51. The van der Waals surface area contributed by atoms with Crippen molar-refractivity contribution in [3.63, 3.8) is 0 Å². The molecule has 1 heteroatoms.